The van der Waals surface area contributed by atoms with Crippen molar-refractivity contribution < 1.29 is 9.53 Å². The molecule has 0 spiro atoms. The fraction of sp³-hybridized carbons (Fsp3) is 0.438. The molecule has 3 rings (SSSR count). The van der Waals surface area contributed by atoms with Gasteiger partial charge in [0.2, 0.25) is 0 Å². The van der Waals surface area contributed by atoms with Crippen LogP contribution in [0.4, 0.5) is 0 Å². The SMILES string of the molecule is CC1OC(C)C(C(=O)c2cccc3ccsc23)C1C. The van der Waals surface area contributed by atoms with Gasteiger partial charge in [-0.2, -0.15) is 0 Å². The highest BCUT2D eigenvalue weighted by molar-refractivity contribution is 7.17. The average Bonchev–Trinajstić information content (AvgIpc) is 2.94. The molecule has 3 heteroatoms. The van der Waals surface area contributed by atoms with E-state index in [1.54, 1.807) is 11.3 Å². The first-order chi connectivity index (χ1) is 9.09. The Morgan fingerprint density at radius 3 is 2.63 bits per heavy atom. The van der Waals surface area contributed by atoms with Gasteiger partial charge in [0.25, 0.3) is 0 Å². The Bertz CT molecular complexity index is 616. The van der Waals surface area contributed by atoms with E-state index in [0.717, 1.165) is 15.6 Å². The molecule has 1 aliphatic heterocycles. The Labute approximate surface area is 117 Å². The first-order valence-corrected chi connectivity index (χ1v) is 7.63. The summed E-state index contributed by atoms with van der Waals surface area (Å²) in [5, 5.41) is 3.20. The van der Waals surface area contributed by atoms with E-state index in [0.29, 0.717) is 0 Å². The minimum absolute atomic E-state index is 0.00715. The minimum Gasteiger partial charge on any atom is -0.374 e. The van der Waals surface area contributed by atoms with E-state index >= 15 is 0 Å². The smallest absolute Gasteiger partial charge is 0.170 e. The van der Waals surface area contributed by atoms with Gasteiger partial charge in [-0.05, 0) is 42.7 Å². The van der Waals surface area contributed by atoms with E-state index in [9.17, 15) is 4.79 Å². The van der Waals surface area contributed by atoms with Crippen LogP contribution in [0, 0.1) is 11.8 Å². The van der Waals surface area contributed by atoms with Gasteiger partial charge in [0.15, 0.2) is 5.78 Å². The Balaban J connectivity index is 2.02. The molecule has 2 aromatic rings. The van der Waals surface area contributed by atoms with Gasteiger partial charge in [-0.1, -0.05) is 19.1 Å². The molecule has 0 bridgehead atoms. The molecule has 1 saturated heterocycles. The molecule has 1 aliphatic rings. The zero-order valence-electron chi connectivity index (χ0n) is 11.4. The molecule has 1 aromatic carbocycles. The standard InChI is InChI=1S/C16H18O2S/c1-9-10(2)18-11(3)14(9)15(17)13-6-4-5-12-7-8-19-16(12)13/h4-11,14H,1-3H3. The van der Waals surface area contributed by atoms with Gasteiger partial charge >= 0.3 is 0 Å². The number of ether oxygens (including phenoxy) is 1. The second-order valence-electron chi connectivity index (χ2n) is 5.44. The number of rotatable bonds is 2. The van der Waals surface area contributed by atoms with Crippen LogP contribution < -0.4 is 0 Å². The highest BCUT2D eigenvalue weighted by Gasteiger charge is 2.42. The molecule has 4 unspecified atom stereocenters. The molecule has 0 radical (unpaired) electrons. The topological polar surface area (TPSA) is 26.3 Å². The maximum absolute atomic E-state index is 12.9. The fourth-order valence-corrected chi connectivity index (χ4v) is 4.00. The summed E-state index contributed by atoms with van der Waals surface area (Å²) in [5.74, 6) is 0.484. The molecule has 100 valence electrons. The Morgan fingerprint density at radius 2 is 1.95 bits per heavy atom. The van der Waals surface area contributed by atoms with Crippen LogP contribution in [0.15, 0.2) is 29.6 Å². The molecule has 0 saturated carbocycles. The van der Waals surface area contributed by atoms with Crippen LogP contribution in [0.5, 0.6) is 0 Å². The third-order valence-corrected chi connectivity index (χ3v) is 5.25. The third-order valence-electron chi connectivity index (χ3n) is 4.29. The van der Waals surface area contributed by atoms with Crippen molar-refractivity contribution in [1.82, 2.24) is 0 Å². The second-order valence-corrected chi connectivity index (χ2v) is 6.36. The van der Waals surface area contributed by atoms with Gasteiger partial charge in [-0.15, -0.1) is 11.3 Å². The van der Waals surface area contributed by atoms with Gasteiger partial charge < -0.3 is 4.74 Å². The molecule has 2 nitrogen and oxygen atoms in total. The largest absolute Gasteiger partial charge is 0.374 e. The highest BCUT2D eigenvalue weighted by Crippen LogP contribution is 2.36. The first-order valence-electron chi connectivity index (χ1n) is 6.75. The number of Topliss-reactive ketones (excluding diaryl/α,β-unsaturated/α-hetero) is 1. The summed E-state index contributed by atoms with van der Waals surface area (Å²) in [6.45, 7) is 6.18. The zero-order valence-corrected chi connectivity index (χ0v) is 12.2. The molecule has 0 aliphatic carbocycles. The number of carbonyl (C=O) groups is 1. The number of ketones is 1. The number of thiophene rings is 1. The van der Waals surface area contributed by atoms with Crippen LogP contribution in [0.1, 0.15) is 31.1 Å². The number of fused-ring (bicyclic) bond motifs is 1. The van der Waals surface area contributed by atoms with E-state index in [1.807, 2.05) is 24.4 Å². The summed E-state index contributed by atoms with van der Waals surface area (Å²) in [5.41, 5.74) is 0.855. The number of hydrogen-bond donors (Lipinski definition) is 0. The molecule has 19 heavy (non-hydrogen) atoms. The van der Waals surface area contributed by atoms with Crippen molar-refractivity contribution in [3.8, 4) is 0 Å². The highest BCUT2D eigenvalue weighted by atomic mass is 32.1. The van der Waals surface area contributed by atoms with Gasteiger partial charge in [-0.25, -0.2) is 0 Å². The predicted molar refractivity (Wildman–Crippen MR) is 78.8 cm³/mol. The quantitative estimate of drug-likeness (QED) is 0.769. The Morgan fingerprint density at radius 1 is 1.16 bits per heavy atom. The number of hydrogen-bond acceptors (Lipinski definition) is 3. The molecule has 4 atom stereocenters. The summed E-state index contributed by atoms with van der Waals surface area (Å²) in [6.07, 6.45) is 0.166. The Kier molecular flexibility index (Phi) is 3.19. The molecule has 2 heterocycles. The number of carbonyl (C=O) groups excluding carboxylic acids is 1. The van der Waals surface area contributed by atoms with Gasteiger partial charge in [0.05, 0.1) is 18.1 Å². The van der Waals surface area contributed by atoms with Crippen LogP contribution in [0.2, 0.25) is 0 Å². The van der Waals surface area contributed by atoms with E-state index in [-0.39, 0.29) is 29.8 Å². The lowest BCUT2D eigenvalue weighted by Crippen LogP contribution is -2.26. The van der Waals surface area contributed by atoms with Crippen LogP contribution >= 0.6 is 11.3 Å². The van der Waals surface area contributed by atoms with E-state index < -0.39 is 0 Å². The van der Waals surface area contributed by atoms with Crippen molar-refractivity contribution in [1.29, 1.82) is 0 Å². The van der Waals surface area contributed by atoms with Gasteiger partial charge in [0, 0.05) is 10.3 Å². The average molecular weight is 274 g/mol. The lowest BCUT2D eigenvalue weighted by molar-refractivity contribution is 0.0491. The lowest BCUT2D eigenvalue weighted by Gasteiger charge is -2.17. The monoisotopic (exact) mass is 274 g/mol. The van der Waals surface area contributed by atoms with Crippen molar-refractivity contribution >= 4 is 27.2 Å². The summed E-state index contributed by atoms with van der Waals surface area (Å²) >= 11 is 1.64. The summed E-state index contributed by atoms with van der Waals surface area (Å²) in [6, 6.07) is 8.04. The van der Waals surface area contributed by atoms with Crippen LogP contribution in [-0.2, 0) is 4.74 Å². The normalized spacial score (nSPS) is 30.9. The second kappa shape index (κ2) is 4.73. The number of benzene rings is 1. The summed E-state index contributed by atoms with van der Waals surface area (Å²) < 4.78 is 6.91. The van der Waals surface area contributed by atoms with Crippen molar-refractivity contribution in [3.63, 3.8) is 0 Å². The predicted octanol–water partition coefficient (Wildman–Crippen LogP) is 4.14. The summed E-state index contributed by atoms with van der Waals surface area (Å²) in [7, 11) is 0. The lowest BCUT2D eigenvalue weighted by atomic mass is 9.83. The van der Waals surface area contributed by atoms with E-state index in [1.165, 1.54) is 0 Å². The fourth-order valence-electron chi connectivity index (χ4n) is 3.09. The maximum atomic E-state index is 12.9. The molecule has 0 N–H and O–H groups in total. The molecule has 1 fully saturated rings. The van der Waals surface area contributed by atoms with E-state index in [2.05, 4.69) is 26.0 Å². The van der Waals surface area contributed by atoms with Gasteiger partial charge in [-0.3, -0.25) is 4.79 Å². The van der Waals surface area contributed by atoms with Crippen molar-refractivity contribution in [2.45, 2.75) is 33.0 Å². The minimum atomic E-state index is -0.0253. The molecular weight excluding hydrogens is 256 g/mol. The van der Waals surface area contributed by atoms with Crippen molar-refractivity contribution in [2.75, 3.05) is 0 Å². The van der Waals surface area contributed by atoms with Crippen LogP contribution in [0.25, 0.3) is 10.1 Å². The zero-order chi connectivity index (χ0) is 13.6. The summed E-state index contributed by atoms with van der Waals surface area (Å²) in [4.78, 5) is 12.9. The van der Waals surface area contributed by atoms with Crippen molar-refractivity contribution in [3.05, 3.63) is 35.2 Å². The molecule has 1 aromatic heterocycles. The first kappa shape index (κ1) is 12.8. The van der Waals surface area contributed by atoms with Crippen molar-refractivity contribution in [2.24, 2.45) is 11.8 Å². The maximum Gasteiger partial charge on any atom is 0.170 e. The molecular formula is C16H18O2S. The van der Waals surface area contributed by atoms with E-state index in [4.69, 9.17) is 4.74 Å². The molecule has 0 amide bonds. The van der Waals surface area contributed by atoms with Gasteiger partial charge in [0.1, 0.15) is 0 Å². The van der Waals surface area contributed by atoms with Crippen LogP contribution in [0.3, 0.4) is 0 Å². The third kappa shape index (κ3) is 2.01. The van der Waals surface area contributed by atoms with Crippen LogP contribution in [-0.4, -0.2) is 18.0 Å². The Hall–Kier alpha value is -1.19.